The summed E-state index contributed by atoms with van der Waals surface area (Å²) in [6, 6.07) is 9.43. The van der Waals surface area contributed by atoms with Crippen LogP contribution in [0.4, 0.5) is 11.4 Å². The highest BCUT2D eigenvalue weighted by molar-refractivity contribution is 8.00. The lowest BCUT2D eigenvalue weighted by Gasteiger charge is -2.12. The Balaban J connectivity index is 1.64. The number of carbonyl (C=O) groups is 1. The Hall–Kier alpha value is -3.14. The van der Waals surface area contributed by atoms with E-state index in [0.29, 0.717) is 17.4 Å². The number of furan rings is 1. The Morgan fingerprint density at radius 3 is 3.00 bits per heavy atom. The van der Waals surface area contributed by atoms with E-state index in [1.165, 1.54) is 30.0 Å². The second-order valence-electron chi connectivity index (χ2n) is 5.38. The summed E-state index contributed by atoms with van der Waals surface area (Å²) in [5, 5.41) is 21.5. The van der Waals surface area contributed by atoms with E-state index in [1.807, 2.05) is 6.07 Å². The fourth-order valence-corrected chi connectivity index (χ4v) is 2.99. The molecule has 1 amide bonds. The molecule has 3 rings (SSSR count). The Kier molecular flexibility index (Phi) is 5.32. The van der Waals surface area contributed by atoms with Crippen molar-refractivity contribution < 1.29 is 14.1 Å². The van der Waals surface area contributed by atoms with Gasteiger partial charge in [0.1, 0.15) is 12.1 Å². The molecule has 134 valence electrons. The molecule has 0 saturated heterocycles. The predicted molar refractivity (Wildman–Crippen MR) is 94.9 cm³/mol. The smallest absolute Gasteiger partial charge is 0.271 e. The summed E-state index contributed by atoms with van der Waals surface area (Å²) >= 11 is 1.24. The minimum absolute atomic E-state index is 0.0821. The van der Waals surface area contributed by atoms with Gasteiger partial charge in [-0.2, -0.15) is 0 Å². The number of rotatable bonds is 7. The SMILES string of the molecule is CC(Sc1nncn1Cc1ccco1)C(=O)Nc1cccc([N+](=O)[O-])c1. The molecule has 0 aliphatic carbocycles. The van der Waals surface area contributed by atoms with Crippen LogP contribution in [-0.4, -0.2) is 30.8 Å². The van der Waals surface area contributed by atoms with E-state index in [1.54, 1.807) is 36.2 Å². The fraction of sp³-hybridized carbons (Fsp3) is 0.188. The largest absolute Gasteiger partial charge is 0.467 e. The molecule has 1 unspecified atom stereocenters. The van der Waals surface area contributed by atoms with Crippen LogP contribution in [0.3, 0.4) is 0 Å². The van der Waals surface area contributed by atoms with Crippen LogP contribution in [0.2, 0.25) is 0 Å². The van der Waals surface area contributed by atoms with E-state index in [0.717, 1.165) is 5.76 Å². The summed E-state index contributed by atoms with van der Waals surface area (Å²) in [5.41, 5.74) is 0.287. The number of hydrogen-bond donors (Lipinski definition) is 1. The number of thioether (sulfide) groups is 1. The molecule has 3 aromatic rings. The van der Waals surface area contributed by atoms with Gasteiger partial charge in [-0.25, -0.2) is 0 Å². The molecule has 0 aliphatic rings. The average Bonchev–Trinajstić information content (AvgIpc) is 3.28. The molecule has 0 radical (unpaired) electrons. The average molecular weight is 373 g/mol. The molecule has 9 nitrogen and oxygen atoms in total. The summed E-state index contributed by atoms with van der Waals surface area (Å²) in [6.45, 7) is 2.19. The first kappa shape index (κ1) is 17.7. The Morgan fingerprint density at radius 1 is 1.42 bits per heavy atom. The maximum Gasteiger partial charge on any atom is 0.271 e. The number of nitro groups is 1. The zero-order valence-corrected chi connectivity index (χ0v) is 14.5. The van der Waals surface area contributed by atoms with Gasteiger partial charge in [-0.15, -0.1) is 10.2 Å². The van der Waals surface area contributed by atoms with Crippen LogP contribution in [-0.2, 0) is 11.3 Å². The van der Waals surface area contributed by atoms with Gasteiger partial charge in [0.25, 0.3) is 5.69 Å². The molecule has 0 bridgehead atoms. The summed E-state index contributed by atoms with van der Waals surface area (Å²) in [6.07, 6.45) is 3.15. The second kappa shape index (κ2) is 7.83. The molecular formula is C16H15N5O4S. The Morgan fingerprint density at radius 2 is 2.27 bits per heavy atom. The number of aromatic nitrogens is 3. The van der Waals surface area contributed by atoms with Crippen molar-refractivity contribution in [1.82, 2.24) is 14.8 Å². The summed E-state index contributed by atoms with van der Waals surface area (Å²) in [4.78, 5) is 22.7. The molecule has 1 aromatic carbocycles. The van der Waals surface area contributed by atoms with Gasteiger partial charge in [0.2, 0.25) is 5.91 Å². The normalized spacial score (nSPS) is 11.9. The van der Waals surface area contributed by atoms with Crippen molar-refractivity contribution in [3.8, 4) is 0 Å². The number of anilines is 1. The molecule has 1 atom stereocenters. The van der Waals surface area contributed by atoms with E-state index in [4.69, 9.17) is 4.42 Å². The number of nitrogens with zero attached hydrogens (tertiary/aromatic N) is 4. The highest BCUT2D eigenvalue weighted by Gasteiger charge is 2.19. The monoisotopic (exact) mass is 373 g/mol. The number of amides is 1. The van der Waals surface area contributed by atoms with Gasteiger partial charge in [0.05, 0.1) is 23.0 Å². The van der Waals surface area contributed by atoms with E-state index in [-0.39, 0.29) is 11.6 Å². The second-order valence-corrected chi connectivity index (χ2v) is 6.69. The lowest BCUT2D eigenvalue weighted by Crippen LogP contribution is -2.23. The minimum atomic E-state index is -0.509. The number of nitro benzene ring substituents is 1. The fourth-order valence-electron chi connectivity index (χ4n) is 2.17. The van der Waals surface area contributed by atoms with Crippen molar-refractivity contribution in [3.05, 3.63) is 64.9 Å². The summed E-state index contributed by atoms with van der Waals surface area (Å²) in [7, 11) is 0. The van der Waals surface area contributed by atoms with Crippen LogP contribution in [0.25, 0.3) is 0 Å². The van der Waals surface area contributed by atoms with E-state index >= 15 is 0 Å². The van der Waals surface area contributed by atoms with Gasteiger partial charge in [-0.3, -0.25) is 14.9 Å². The number of carbonyl (C=O) groups excluding carboxylic acids is 1. The summed E-state index contributed by atoms with van der Waals surface area (Å²) in [5.74, 6) is 0.461. The third-order valence-electron chi connectivity index (χ3n) is 3.46. The number of benzene rings is 1. The van der Waals surface area contributed by atoms with Gasteiger partial charge in [-0.05, 0) is 25.1 Å². The van der Waals surface area contributed by atoms with Crippen LogP contribution < -0.4 is 5.32 Å². The molecule has 26 heavy (non-hydrogen) atoms. The molecule has 0 spiro atoms. The number of nitrogens with one attached hydrogen (secondary N) is 1. The van der Waals surface area contributed by atoms with Gasteiger partial charge in [0, 0.05) is 17.8 Å². The van der Waals surface area contributed by atoms with Crippen LogP contribution >= 0.6 is 11.8 Å². The van der Waals surface area contributed by atoms with Crippen molar-refractivity contribution in [1.29, 1.82) is 0 Å². The first-order chi connectivity index (χ1) is 12.5. The first-order valence-corrected chi connectivity index (χ1v) is 8.53. The minimum Gasteiger partial charge on any atom is -0.467 e. The number of non-ortho nitro benzene ring substituents is 1. The standard InChI is InChI=1S/C16H15N5O4S/c1-11(15(22)18-12-4-2-5-13(8-12)21(23)24)26-16-19-17-10-20(16)9-14-6-3-7-25-14/h2-8,10-11H,9H2,1H3,(H,18,22). The molecule has 10 heteroatoms. The highest BCUT2D eigenvalue weighted by Crippen LogP contribution is 2.24. The van der Waals surface area contributed by atoms with Crippen molar-refractivity contribution in [3.63, 3.8) is 0 Å². The van der Waals surface area contributed by atoms with Gasteiger partial charge >= 0.3 is 0 Å². The van der Waals surface area contributed by atoms with Gasteiger partial charge in [-0.1, -0.05) is 17.8 Å². The molecular weight excluding hydrogens is 358 g/mol. The quantitative estimate of drug-likeness (QED) is 0.384. The van der Waals surface area contributed by atoms with Gasteiger partial charge in [0.15, 0.2) is 5.16 Å². The van der Waals surface area contributed by atoms with E-state index < -0.39 is 10.2 Å². The third kappa shape index (κ3) is 4.28. The van der Waals surface area contributed by atoms with E-state index in [9.17, 15) is 14.9 Å². The van der Waals surface area contributed by atoms with Crippen molar-refractivity contribution in [2.45, 2.75) is 23.9 Å². The topological polar surface area (TPSA) is 116 Å². The third-order valence-corrected chi connectivity index (χ3v) is 4.56. The maximum absolute atomic E-state index is 12.4. The molecule has 0 aliphatic heterocycles. The first-order valence-electron chi connectivity index (χ1n) is 7.65. The van der Waals surface area contributed by atoms with Gasteiger partial charge < -0.3 is 14.3 Å². The van der Waals surface area contributed by atoms with E-state index in [2.05, 4.69) is 15.5 Å². The van der Waals surface area contributed by atoms with Crippen LogP contribution in [0.1, 0.15) is 12.7 Å². The maximum atomic E-state index is 12.4. The lowest BCUT2D eigenvalue weighted by atomic mass is 10.2. The van der Waals surface area contributed by atoms with Crippen molar-refractivity contribution >= 4 is 29.0 Å². The molecule has 2 aromatic heterocycles. The Bertz CT molecular complexity index is 909. The van der Waals surface area contributed by atoms with Crippen LogP contribution in [0.5, 0.6) is 0 Å². The Labute approximate surface area is 152 Å². The lowest BCUT2D eigenvalue weighted by molar-refractivity contribution is -0.384. The molecule has 0 fully saturated rings. The van der Waals surface area contributed by atoms with Crippen molar-refractivity contribution in [2.75, 3.05) is 5.32 Å². The van der Waals surface area contributed by atoms with Crippen LogP contribution in [0.15, 0.2) is 58.6 Å². The molecule has 1 N–H and O–H groups in total. The molecule has 0 saturated carbocycles. The zero-order chi connectivity index (χ0) is 18.5. The zero-order valence-electron chi connectivity index (χ0n) is 13.7. The van der Waals surface area contributed by atoms with Crippen molar-refractivity contribution in [2.24, 2.45) is 0 Å². The predicted octanol–water partition coefficient (Wildman–Crippen LogP) is 2.95. The number of hydrogen-bond acceptors (Lipinski definition) is 7. The summed E-state index contributed by atoms with van der Waals surface area (Å²) < 4.78 is 7.08. The highest BCUT2D eigenvalue weighted by atomic mass is 32.2. The van der Waals surface area contributed by atoms with Crippen LogP contribution in [0, 0.1) is 10.1 Å². The molecule has 2 heterocycles.